The molecule has 0 amide bonds. The van der Waals surface area contributed by atoms with E-state index in [1.807, 2.05) is 0 Å². The van der Waals surface area contributed by atoms with Gasteiger partial charge in [-0.15, -0.1) is 0 Å². The van der Waals surface area contributed by atoms with Crippen molar-refractivity contribution in [2.75, 3.05) is 45.9 Å². The summed E-state index contributed by atoms with van der Waals surface area (Å²) in [4.78, 5) is 2.51. The van der Waals surface area contributed by atoms with E-state index in [4.69, 9.17) is 4.74 Å². The third-order valence-electron chi connectivity index (χ3n) is 5.21. The summed E-state index contributed by atoms with van der Waals surface area (Å²) in [6.07, 6.45) is 5.71. The second-order valence-electron chi connectivity index (χ2n) is 7.74. The minimum Gasteiger partial charge on any atom is -0.379 e. The Labute approximate surface area is 125 Å². The average Bonchev–Trinajstić information content (AvgIpc) is 2.44. The zero-order chi connectivity index (χ0) is 14.4. The van der Waals surface area contributed by atoms with Gasteiger partial charge in [-0.05, 0) is 49.5 Å². The molecule has 1 aliphatic carbocycles. The van der Waals surface area contributed by atoms with Gasteiger partial charge in [0.25, 0.3) is 0 Å². The molecular weight excluding hydrogens is 248 g/mol. The summed E-state index contributed by atoms with van der Waals surface area (Å²) in [6.45, 7) is 14.8. The fraction of sp³-hybridized carbons (Fsp3) is 1.00. The summed E-state index contributed by atoms with van der Waals surface area (Å²) >= 11 is 0. The first-order chi connectivity index (χ1) is 9.55. The second-order valence-corrected chi connectivity index (χ2v) is 7.74. The van der Waals surface area contributed by atoms with Crippen LogP contribution in [0.4, 0.5) is 0 Å². The Morgan fingerprint density at radius 3 is 2.30 bits per heavy atom. The van der Waals surface area contributed by atoms with E-state index in [0.29, 0.717) is 5.41 Å². The molecule has 1 saturated carbocycles. The first-order valence-corrected chi connectivity index (χ1v) is 8.56. The number of nitrogens with one attached hydrogen (secondary N) is 1. The lowest BCUT2D eigenvalue weighted by Crippen LogP contribution is -2.41. The molecule has 0 bridgehead atoms. The topological polar surface area (TPSA) is 24.5 Å². The molecule has 0 unspecified atom stereocenters. The molecule has 2 aliphatic rings. The van der Waals surface area contributed by atoms with Crippen molar-refractivity contribution in [1.82, 2.24) is 10.2 Å². The standard InChI is InChI=1S/C17H34N2O/c1-17(2,3)16-6-4-15(5-7-16)14-18-8-9-19-10-12-20-13-11-19/h15-16,18H,4-14H2,1-3H3. The Bertz CT molecular complexity index is 261. The molecule has 118 valence electrons. The number of hydrogen-bond acceptors (Lipinski definition) is 3. The van der Waals surface area contributed by atoms with E-state index in [-0.39, 0.29) is 0 Å². The van der Waals surface area contributed by atoms with Crippen LogP contribution in [0.3, 0.4) is 0 Å². The van der Waals surface area contributed by atoms with Crippen LogP contribution in [0.1, 0.15) is 46.5 Å². The molecule has 20 heavy (non-hydrogen) atoms. The molecule has 1 heterocycles. The molecular formula is C17H34N2O. The Hall–Kier alpha value is -0.120. The van der Waals surface area contributed by atoms with E-state index in [1.54, 1.807) is 0 Å². The Morgan fingerprint density at radius 2 is 1.70 bits per heavy atom. The largest absolute Gasteiger partial charge is 0.379 e. The maximum atomic E-state index is 5.38. The van der Waals surface area contributed by atoms with Crippen molar-refractivity contribution in [1.29, 1.82) is 0 Å². The predicted octanol–water partition coefficient (Wildman–Crippen LogP) is 2.76. The normalized spacial score (nSPS) is 29.6. The summed E-state index contributed by atoms with van der Waals surface area (Å²) in [6, 6.07) is 0. The van der Waals surface area contributed by atoms with Gasteiger partial charge in [-0.25, -0.2) is 0 Å². The van der Waals surface area contributed by atoms with Crippen molar-refractivity contribution in [2.45, 2.75) is 46.5 Å². The van der Waals surface area contributed by atoms with Crippen LogP contribution in [0.25, 0.3) is 0 Å². The molecule has 2 rings (SSSR count). The fourth-order valence-electron chi connectivity index (χ4n) is 3.60. The molecule has 3 nitrogen and oxygen atoms in total. The Kier molecular flexibility index (Phi) is 6.31. The van der Waals surface area contributed by atoms with E-state index in [1.165, 1.54) is 38.8 Å². The van der Waals surface area contributed by atoms with Crippen LogP contribution < -0.4 is 5.32 Å². The Morgan fingerprint density at radius 1 is 1.05 bits per heavy atom. The SMILES string of the molecule is CC(C)(C)C1CCC(CNCCN2CCOCC2)CC1. The van der Waals surface area contributed by atoms with Crippen molar-refractivity contribution in [3.63, 3.8) is 0 Å². The number of hydrogen-bond donors (Lipinski definition) is 1. The van der Waals surface area contributed by atoms with Crippen molar-refractivity contribution in [3.05, 3.63) is 0 Å². The zero-order valence-electron chi connectivity index (χ0n) is 13.8. The summed E-state index contributed by atoms with van der Waals surface area (Å²) < 4.78 is 5.38. The minimum absolute atomic E-state index is 0.509. The highest BCUT2D eigenvalue weighted by Crippen LogP contribution is 2.39. The van der Waals surface area contributed by atoms with Gasteiger partial charge in [-0.3, -0.25) is 4.90 Å². The lowest BCUT2D eigenvalue weighted by molar-refractivity contribution is 0.0382. The maximum Gasteiger partial charge on any atom is 0.0594 e. The molecule has 0 spiro atoms. The smallest absolute Gasteiger partial charge is 0.0594 e. The Balaban J connectivity index is 1.53. The third kappa shape index (κ3) is 5.34. The quantitative estimate of drug-likeness (QED) is 0.785. The van der Waals surface area contributed by atoms with Gasteiger partial charge in [-0.2, -0.15) is 0 Å². The van der Waals surface area contributed by atoms with Crippen molar-refractivity contribution >= 4 is 0 Å². The van der Waals surface area contributed by atoms with Gasteiger partial charge in [-0.1, -0.05) is 20.8 Å². The molecule has 0 aromatic rings. The van der Waals surface area contributed by atoms with Crippen LogP contribution in [0.2, 0.25) is 0 Å². The summed E-state index contributed by atoms with van der Waals surface area (Å²) in [7, 11) is 0. The van der Waals surface area contributed by atoms with Crippen molar-refractivity contribution in [3.8, 4) is 0 Å². The molecule has 0 atom stereocenters. The van der Waals surface area contributed by atoms with Gasteiger partial charge in [0.05, 0.1) is 13.2 Å². The van der Waals surface area contributed by atoms with Gasteiger partial charge in [0, 0.05) is 26.2 Å². The van der Waals surface area contributed by atoms with E-state index in [2.05, 4.69) is 31.0 Å². The minimum atomic E-state index is 0.509. The lowest BCUT2D eigenvalue weighted by atomic mass is 9.70. The molecule has 0 radical (unpaired) electrons. The van der Waals surface area contributed by atoms with Crippen LogP contribution in [-0.4, -0.2) is 50.8 Å². The van der Waals surface area contributed by atoms with Crippen molar-refractivity contribution < 1.29 is 4.74 Å². The molecule has 2 fully saturated rings. The van der Waals surface area contributed by atoms with Gasteiger partial charge in [0.1, 0.15) is 0 Å². The summed E-state index contributed by atoms with van der Waals surface area (Å²) in [5, 5.41) is 3.67. The maximum absolute atomic E-state index is 5.38. The van der Waals surface area contributed by atoms with E-state index in [9.17, 15) is 0 Å². The molecule has 0 aromatic carbocycles. The molecule has 3 heteroatoms. The van der Waals surface area contributed by atoms with Crippen LogP contribution >= 0.6 is 0 Å². The van der Waals surface area contributed by atoms with Crippen LogP contribution in [0.5, 0.6) is 0 Å². The third-order valence-corrected chi connectivity index (χ3v) is 5.21. The van der Waals surface area contributed by atoms with E-state index >= 15 is 0 Å². The molecule has 1 aliphatic heterocycles. The summed E-state index contributed by atoms with van der Waals surface area (Å²) in [5.41, 5.74) is 0.509. The average molecular weight is 282 g/mol. The first-order valence-electron chi connectivity index (χ1n) is 8.56. The predicted molar refractivity (Wildman–Crippen MR) is 85.0 cm³/mol. The molecule has 1 saturated heterocycles. The summed E-state index contributed by atoms with van der Waals surface area (Å²) in [5.74, 6) is 1.85. The highest BCUT2D eigenvalue weighted by molar-refractivity contribution is 4.81. The second kappa shape index (κ2) is 7.77. The monoisotopic (exact) mass is 282 g/mol. The fourth-order valence-corrected chi connectivity index (χ4v) is 3.60. The first kappa shape index (κ1) is 16.3. The number of ether oxygens (including phenoxy) is 1. The number of rotatable bonds is 5. The van der Waals surface area contributed by atoms with Gasteiger partial charge < -0.3 is 10.1 Å². The highest BCUT2D eigenvalue weighted by Gasteiger charge is 2.29. The zero-order valence-corrected chi connectivity index (χ0v) is 13.8. The molecule has 1 N–H and O–H groups in total. The van der Waals surface area contributed by atoms with Crippen LogP contribution in [-0.2, 0) is 4.74 Å². The number of morpholine rings is 1. The van der Waals surface area contributed by atoms with Crippen LogP contribution in [0.15, 0.2) is 0 Å². The van der Waals surface area contributed by atoms with Gasteiger partial charge >= 0.3 is 0 Å². The van der Waals surface area contributed by atoms with Crippen LogP contribution in [0, 0.1) is 17.3 Å². The van der Waals surface area contributed by atoms with E-state index < -0.39 is 0 Å². The van der Waals surface area contributed by atoms with E-state index in [0.717, 1.165) is 44.7 Å². The molecule has 0 aromatic heterocycles. The van der Waals surface area contributed by atoms with Gasteiger partial charge in [0.15, 0.2) is 0 Å². The van der Waals surface area contributed by atoms with Gasteiger partial charge in [0.2, 0.25) is 0 Å². The highest BCUT2D eigenvalue weighted by atomic mass is 16.5. The lowest BCUT2D eigenvalue weighted by Gasteiger charge is -2.37. The van der Waals surface area contributed by atoms with Crippen molar-refractivity contribution in [2.24, 2.45) is 17.3 Å². The number of nitrogens with zero attached hydrogens (tertiary/aromatic N) is 1.